The molecule has 0 bridgehead atoms. The molecule has 15 heavy (non-hydrogen) atoms. The van der Waals surface area contributed by atoms with Crippen LogP contribution in [0.15, 0.2) is 30.3 Å². The van der Waals surface area contributed by atoms with E-state index in [9.17, 15) is 4.79 Å². The van der Waals surface area contributed by atoms with Crippen molar-refractivity contribution in [3.8, 4) is 0 Å². The van der Waals surface area contributed by atoms with Crippen molar-refractivity contribution in [2.45, 2.75) is 0 Å². The molecule has 1 aromatic carbocycles. The van der Waals surface area contributed by atoms with Gasteiger partial charge in [-0.2, -0.15) is 0 Å². The largest absolute Gasteiger partial charge is 0.370 e. The third-order valence-electron chi connectivity index (χ3n) is 2.97. The smallest absolute Gasteiger partial charge is 0.345 e. The molecule has 3 heteroatoms. The van der Waals surface area contributed by atoms with E-state index in [0.717, 1.165) is 18.7 Å². The highest BCUT2D eigenvalue weighted by Crippen LogP contribution is 2.14. The Hall–Kier alpha value is -1.19. The monoisotopic (exact) mass is 206 g/mol. The van der Waals surface area contributed by atoms with Crippen LogP contribution in [0.1, 0.15) is 10.4 Å². The van der Waals surface area contributed by atoms with Crippen LogP contribution in [0.5, 0.6) is 0 Å². The number of rotatable bonds is 1. The molecule has 0 radical (unpaired) electrons. The van der Waals surface area contributed by atoms with Crippen LogP contribution in [0, 0.1) is 0 Å². The number of hydrogen-bond acceptors (Lipinski definition) is 2. The SMILES string of the molecule is C[N+]1(C(=O)c2ccccc2)CCOCC1. The van der Waals surface area contributed by atoms with Crippen LogP contribution >= 0.6 is 0 Å². The Morgan fingerprint density at radius 1 is 1.20 bits per heavy atom. The lowest BCUT2D eigenvalue weighted by Gasteiger charge is -2.34. The molecule has 1 heterocycles. The Balaban J connectivity index is 2.20. The molecular formula is C12H16NO2+. The van der Waals surface area contributed by atoms with Gasteiger partial charge >= 0.3 is 5.91 Å². The highest BCUT2D eigenvalue weighted by Gasteiger charge is 2.34. The lowest BCUT2D eigenvalue weighted by molar-refractivity contribution is -0.837. The quantitative estimate of drug-likeness (QED) is 0.647. The van der Waals surface area contributed by atoms with E-state index in [1.807, 2.05) is 37.4 Å². The number of ether oxygens (including phenoxy) is 1. The Morgan fingerprint density at radius 2 is 1.80 bits per heavy atom. The molecule has 0 aliphatic carbocycles. The minimum absolute atomic E-state index is 0.193. The second-order valence-corrected chi connectivity index (χ2v) is 4.13. The van der Waals surface area contributed by atoms with E-state index in [0.29, 0.717) is 17.7 Å². The minimum atomic E-state index is 0.193. The van der Waals surface area contributed by atoms with Crippen molar-refractivity contribution < 1.29 is 14.0 Å². The first-order valence-corrected chi connectivity index (χ1v) is 5.25. The maximum absolute atomic E-state index is 12.2. The van der Waals surface area contributed by atoms with E-state index in [-0.39, 0.29) is 5.91 Å². The van der Waals surface area contributed by atoms with Gasteiger partial charge in [-0.15, -0.1) is 0 Å². The van der Waals surface area contributed by atoms with Crippen molar-refractivity contribution in [2.24, 2.45) is 0 Å². The van der Waals surface area contributed by atoms with E-state index in [2.05, 4.69) is 0 Å². The molecule has 0 unspecified atom stereocenters. The Kier molecular flexibility index (Phi) is 2.84. The average molecular weight is 206 g/mol. The van der Waals surface area contributed by atoms with Gasteiger partial charge in [-0.3, -0.25) is 4.48 Å². The second-order valence-electron chi connectivity index (χ2n) is 4.13. The van der Waals surface area contributed by atoms with Crippen molar-refractivity contribution in [1.29, 1.82) is 0 Å². The number of benzene rings is 1. The summed E-state index contributed by atoms with van der Waals surface area (Å²) in [5.74, 6) is 0.193. The van der Waals surface area contributed by atoms with Crippen molar-refractivity contribution in [1.82, 2.24) is 0 Å². The van der Waals surface area contributed by atoms with Gasteiger partial charge in [0.15, 0.2) is 0 Å². The minimum Gasteiger partial charge on any atom is -0.370 e. The fourth-order valence-electron chi connectivity index (χ4n) is 1.84. The van der Waals surface area contributed by atoms with Gasteiger partial charge in [-0.25, -0.2) is 4.79 Å². The summed E-state index contributed by atoms with van der Waals surface area (Å²) in [5.41, 5.74) is 0.793. The van der Waals surface area contributed by atoms with Gasteiger partial charge in [0.1, 0.15) is 13.1 Å². The number of amides is 1. The van der Waals surface area contributed by atoms with Crippen LogP contribution in [0.2, 0.25) is 0 Å². The van der Waals surface area contributed by atoms with E-state index < -0.39 is 0 Å². The third kappa shape index (κ3) is 2.08. The van der Waals surface area contributed by atoms with Gasteiger partial charge in [0, 0.05) is 0 Å². The molecular weight excluding hydrogens is 190 g/mol. The summed E-state index contributed by atoms with van der Waals surface area (Å²) >= 11 is 0. The maximum atomic E-state index is 12.2. The fraction of sp³-hybridized carbons (Fsp3) is 0.417. The number of morpholine rings is 1. The van der Waals surface area contributed by atoms with E-state index >= 15 is 0 Å². The molecule has 1 amide bonds. The average Bonchev–Trinajstić information content (AvgIpc) is 2.30. The Morgan fingerprint density at radius 3 is 2.40 bits per heavy atom. The number of nitrogens with zero attached hydrogens (tertiary/aromatic N) is 1. The Bertz CT molecular complexity index is 342. The highest BCUT2D eigenvalue weighted by molar-refractivity contribution is 5.88. The molecule has 0 spiro atoms. The number of likely N-dealkylation sites (N-methyl/N-ethyl adjacent to an activating group) is 1. The van der Waals surface area contributed by atoms with Gasteiger partial charge in [0.05, 0.1) is 25.8 Å². The van der Waals surface area contributed by atoms with Crippen molar-refractivity contribution in [2.75, 3.05) is 33.4 Å². The lowest BCUT2D eigenvalue weighted by Crippen LogP contribution is -2.55. The van der Waals surface area contributed by atoms with Crippen molar-refractivity contribution in [3.05, 3.63) is 35.9 Å². The summed E-state index contributed by atoms with van der Waals surface area (Å²) < 4.78 is 5.75. The highest BCUT2D eigenvalue weighted by atomic mass is 16.5. The summed E-state index contributed by atoms with van der Waals surface area (Å²) in [5, 5.41) is 0. The second kappa shape index (κ2) is 4.13. The lowest BCUT2D eigenvalue weighted by atomic mass is 10.1. The molecule has 1 aliphatic rings. The molecule has 1 fully saturated rings. The summed E-state index contributed by atoms with van der Waals surface area (Å²) in [6.07, 6.45) is 0. The van der Waals surface area contributed by atoms with Gasteiger partial charge in [-0.1, -0.05) is 18.2 Å². The predicted molar refractivity (Wildman–Crippen MR) is 57.5 cm³/mol. The van der Waals surface area contributed by atoms with Crippen molar-refractivity contribution >= 4 is 5.91 Å². The van der Waals surface area contributed by atoms with Crippen LogP contribution in [0.25, 0.3) is 0 Å². The zero-order valence-electron chi connectivity index (χ0n) is 8.98. The maximum Gasteiger partial charge on any atom is 0.345 e. The normalized spacial score (nSPS) is 19.8. The van der Waals surface area contributed by atoms with Gasteiger partial charge < -0.3 is 4.74 Å². The summed E-state index contributed by atoms with van der Waals surface area (Å²) in [6, 6.07) is 9.48. The zero-order chi connectivity index (χ0) is 10.7. The van der Waals surface area contributed by atoms with Gasteiger partial charge in [-0.05, 0) is 12.1 Å². The predicted octanol–water partition coefficient (Wildman–Crippen LogP) is 1.30. The van der Waals surface area contributed by atoms with Crippen LogP contribution < -0.4 is 0 Å². The zero-order valence-corrected chi connectivity index (χ0v) is 8.98. The molecule has 1 aliphatic heterocycles. The van der Waals surface area contributed by atoms with Gasteiger partial charge in [0.2, 0.25) is 0 Å². The fourth-order valence-corrected chi connectivity index (χ4v) is 1.84. The summed E-state index contributed by atoms with van der Waals surface area (Å²) in [6.45, 7) is 2.89. The van der Waals surface area contributed by atoms with E-state index in [1.165, 1.54) is 0 Å². The number of carbonyl (C=O) groups excluding carboxylic acids is 1. The summed E-state index contributed by atoms with van der Waals surface area (Å²) in [7, 11) is 1.98. The Labute approximate surface area is 89.9 Å². The topological polar surface area (TPSA) is 26.3 Å². The molecule has 80 valence electrons. The number of quaternary nitrogens is 1. The molecule has 1 saturated heterocycles. The van der Waals surface area contributed by atoms with Crippen LogP contribution in [-0.2, 0) is 4.74 Å². The number of carbonyl (C=O) groups is 1. The molecule has 2 rings (SSSR count). The first kappa shape index (κ1) is 10.3. The summed E-state index contributed by atoms with van der Waals surface area (Å²) in [4.78, 5) is 12.2. The molecule has 3 nitrogen and oxygen atoms in total. The van der Waals surface area contributed by atoms with Crippen LogP contribution in [-0.4, -0.2) is 43.7 Å². The van der Waals surface area contributed by atoms with Crippen molar-refractivity contribution in [3.63, 3.8) is 0 Å². The first-order chi connectivity index (χ1) is 7.22. The number of hydrogen-bond donors (Lipinski definition) is 0. The first-order valence-electron chi connectivity index (χ1n) is 5.25. The molecule has 0 aromatic heterocycles. The standard InChI is InChI=1S/C12H16NO2/c1-13(7-9-15-10-8-13)12(14)11-5-3-2-4-6-11/h2-6H,7-10H2,1H3/q+1. The van der Waals surface area contributed by atoms with E-state index in [1.54, 1.807) is 0 Å². The molecule has 0 saturated carbocycles. The molecule has 1 aromatic rings. The third-order valence-corrected chi connectivity index (χ3v) is 2.97. The van der Waals surface area contributed by atoms with E-state index in [4.69, 9.17) is 4.74 Å². The molecule has 0 atom stereocenters. The van der Waals surface area contributed by atoms with Crippen LogP contribution in [0.4, 0.5) is 0 Å². The molecule has 0 N–H and O–H groups in total. The van der Waals surface area contributed by atoms with Gasteiger partial charge in [0.25, 0.3) is 0 Å². The van der Waals surface area contributed by atoms with Crippen LogP contribution in [0.3, 0.4) is 0 Å².